The van der Waals surface area contributed by atoms with Crippen LogP contribution in [0.25, 0.3) is 17.1 Å². The number of nitrogens with one attached hydrogen (secondary N) is 1. The van der Waals surface area contributed by atoms with Gasteiger partial charge in [0.15, 0.2) is 11.0 Å². The molecule has 1 aromatic heterocycles. The molecule has 0 saturated carbocycles. The first-order chi connectivity index (χ1) is 17.6. The van der Waals surface area contributed by atoms with Crippen molar-refractivity contribution in [2.75, 3.05) is 25.2 Å². The first-order valence-corrected chi connectivity index (χ1v) is 13.8. The van der Waals surface area contributed by atoms with Crippen molar-refractivity contribution < 1.29 is 17.6 Å². The van der Waals surface area contributed by atoms with E-state index in [4.69, 9.17) is 11.6 Å². The number of hydrogen-bond donors (Lipinski definition) is 1. The number of sulfonamides is 1. The van der Waals surface area contributed by atoms with Gasteiger partial charge in [0, 0.05) is 36.1 Å². The number of rotatable bonds is 8. The van der Waals surface area contributed by atoms with Crippen LogP contribution in [0.1, 0.15) is 5.56 Å². The van der Waals surface area contributed by atoms with E-state index in [9.17, 15) is 17.6 Å². The summed E-state index contributed by atoms with van der Waals surface area (Å²) in [6, 6.07) is 17.3. The van der Waals surface area contributed by atoms with E-state index in [0.717, 1.165) is 21.6 Å². The summed E-state index contributed by atoms with van der Waals surface area (Å²) < 4.78 is 41.8. The average molecular weight is 560 g/mol. The first kappa shape index (κ1) is 26.8. The monoisotopic (exact) mass is 559 g/mol. The van der Waals surface area contributed by atoms with Crippen molar-refractivity contribution in [2.45, 2.75) is 17.0 Å². The maximum absolute atomic E-state index is 13.7. The molecule has 0 unspecified atom stereocenters. The van der Waals surface area contributed by atoms with Crippen LogP contribution in [0.5, 0.6) is 0 Å². The number of aromatic nitrogens is 3. The lowest BCUT2D eigenvalue weighted by Crippen LogP contribution is -2.22. The SMILES string of the molecule is Cc1c(Cl)cccc1NC(=O)CSc1nnc(-c2cccc(S(=O)(=O)N(C)C)c2)n1-c1ccc(F)cc1. The molecule has 1 heterocycles. The Morgan fingerprint density at radius 3 is 2.49 bits per heavy atom. The number of thioether (sulfide) groups is 1. The fourth-order valence-corrected chi connectivity index (χ4v) is 5.31. The molecule has 1 N–H and O–H groups in total. The average Bonchev–Trinajstić information content (AvgIpc) is 3.30. The minimum Gasteiger partial charge on any atom is -0.325 e. The summed E-state index contributed by atoms with van der Waals surface area (Å²) in [5.74, 6) is -0.330. The molecular formula is C25H23ClFN5O3S2. The lowest BCUT2D eigenvalue weighted by Gasteiger charge is -2.13. The minimum absolute atomic E-state index is 0.0142. The zero-order valence-corrected chi connectivity index (χ0v) is 22.5. The molecule has 0 radical (unpaired) electrons. The van der Waals surface area contributed by atoms with Gasteiger partial charge < -0.3 is 5.32 Å². The second-order valence-corrected chi connectivity index (χ2v) is 11.7. The van der Waals surface area contributed by atoms with E-state index in [1.54, 1.807) is 47.0 Å². The highest BCUT2D eigenvalue weighted by atomic mass is 35.5. The molecule has 8 nitrogen and oxygen atoms in total. The van der Waals surface area contributed by atoms with Gasteiger partial charge in [-0.2, -0.15) is 0 Å². The Morgan fingerprint density at radius 2 is 1.78 bits per heavy atom. The maximum Gasteiger partial charge on any atom is 0.242 e. The lowest BCUT2D eigenvalue weighted by atomic mass is 10.2. The normalized spacial score (nSPS) is 11.6. The molecule has 0 bridgehead atoms. The Balaban J connectivity index is 1.68. The number of hydrogen-bond acceptors (Lipinski definition) is 6. The molecule has 4 aromatic rings. The van der Waals surface area contributed by atoms with E-state index >= 15 is 0 Å². The summed E-state index contributed by atoms with van der Waals surface area (Å²) in [7, 11) is -0.779. The zero-order valence-electron chi connectivity index (χ0n) is 20.1. The number of anilines is 1. The molecule has 37 heavy (non-hydrogen) atoms. The highest BCUT2D eigenvalue weighted by Gasteiger charge is 2.21. The maximum atomic E-state index is 13.7. The van der Waals surface area contributed by atoms with Crippen molar-refractivity contribution in [1.29, 1.82) is 0 Å². The molecule has 192 valence electrons. The van der Waals surface area contributed by atoms with Crippen molar-refractivity contribution in [3.8, 4) is 17.1 Å². The Kier molecular flexibility index (Phi) is 7.98. The molecule has 0 aliphatic carbocycles. The van der Waals surface area contributed by atoms with Crippen LogP contribution >= 0.6 is 23.4 Å². The number of benzene rings is 3. The third-order valence-electron chi connectivity index (χ3n) is 5.46. The summed E-state index contributed by atoms with van der Waals surface area (Å²) >= 11 is 7.28. The standard InChI is InChI=1S/C25H23ClFN5O3S2/c1-16-21(26)8-5-9-22(16)28-23(33)15-36-25-30-29-24(32(25)19-12-10-18(27)11-13-19)17-6-4-7-20(14-17)37(34,35)31(2)3/h4-14H,15H2,1-3H3,(H,28,33). The second-order valence-electron chi connectivity index (χ2n) is 8.18. The van der Waals surface area contributed by atoms with Crippen LogP contribution < -0.4 is 5.32 Å². The molecular weight excluding hydrogens is 537 g/mol. The van der Waals surface area contributed by atoms with E-state index < -0.39 is 15.8 Å². The van der Waals surface area contributed by atoms with Gasteiger partial charge in [-0.15, -0.1) is 10.2 Å². The summed E-state index contributed by atoms with van der Waals surface area (Å²) in [4.78, 5) is 12.8. The molecule has 0 aliphatic rings. The number of carbonyl (C=O) groups excluding carboxylic acids is 1. The number of carbonyl (C=O) groups is 1. The fourth-order valence-electron chi connectivity index (χ4n) is 3.44. The van der Waals surface area contributed by atoms with Gasteiger partial charge in [0.1, 0.15) is 5.82 Å². The topological polar surface area (TPSA) is 97.2 Å². The van der Waals surface area contributed by atoms with Crippen LogP contribution in [0.4, 0.5) is 10.1 Å². The first-order valence-electron chi connectivity index (χ1n) is 11.0. The van der Waals surface area contributed by atoms with Gasteiger partial charge in [-0.05, 0) is 61.0 Å². The van der Waals surface area contributed by atoms with Gasteiger partial charge in [0.05, 0.1) is 10.6 Å². The van der Waals surface area contributed by atoms with Crippen molar-refractivity contribution in [3.05, 3.63) is 83.1 Å². The summed E-state index contributed by atoms with van der Waals surface area (Å²) in [5, 5.41) is 12.3. The molecule has 0 fully saturated rings. The van der Waals surface area contributed by atoms with E-state index in [0.29, 0.717) is 32.9 Å². The minimum atomic E-state index is -3.68. The Morgan fingerprint density at radius 1 is 1.08 bits per heavy atom. The molecule has 12 heteroatoms. The van der Waals surface area contributed by atoms with Gasteiger partial charge in [0.2, 0.25) is 15.9 Å². The van der Waals surface area contributed by atoms with E-state index in [-0.39, 0.29) is 16.6 Å². The molecule has 0 saturated heterocycles. The predicted molar refractivity (Wildman–Crippen MR) is 143 cm³/mol. The Bertz CT molecular complexity index is 1560. The largest absolute Gasteiger partial charge is 0.325 e. The number of halogens is 2. The third kappa shape index (κ3) is 5.85. The number of amides is 1. The number of nitrogens with zero attached hydrogens (tertiary/aromatic N) is 4. The summed E-state index contributed by atoms with van der Waals surface area (Å²) in [6.45, 7) is 1.81. The summed E-state index contributed by atoms with van der Waals surface area (Å²) in [6.07, 6.45) is 0. The van der Waals surface area contributed by atoms with Crippen molar-refractivity contribution in [3.63, 3.8) is 0 Å². The van der Waals surface area contributed by atoms with Crippen LogP contribution in [-0.4, -0.2) is 53.2 Å². The van der Waals surface area contributed by atoms with Gasteiger partial charge in [-0.25, -0.2) is 17.1 Å². The van der Waals surface area contributed by atoms with Crippen LogP contribution in [0, 0.1) is 12.7 Å². The lowest BCUT2D eigenvalue weighted by molar-refractivity contribution is -0.113. The Hall–Kier alpha value is -3.25. The van der Waals surface area contributed by atoms with Gasteiger partial charge >= 0.3 is 0 Å². The van der Waals surface area contributed by atoms with E-state index in [1.165, 1.54) is 38.4 Å². The van der Waals surface area contributed by atoms with Gasteiger partial charge in [-0.3, -0.25) is 9.36 Å². The van der Waals surface area contributed by atoms with Crippen molar-refractivity contribution >= 4 is 45.0 Å². The molecule has 4 rings (SSSR count). The van der Waals surface area contributed by atoms with Crippen LogP contribution in [-0.2, 0) is 14.8 Å². The molecule has 0 atom stereocenters. The van der Waals surface area contributed by atoms with Gasteiger partial charge in [-0.1, -0.05) is 41.6 Å². The molecule has 1 amide bonds. The quantitative estimate of drug-likeness (QED) is 0.305. The smallest absolute Gasteiger partial charge is 0.242 e. The van der Waals surface area contributed by atoms with Gasteiger partial charge in [0.25, 0.3) is 0 Å². The highest BCUT2D eigenvalue weighted by Crippen LogP contribution is 2.30. The third-order valence-corrected chi connectivity index (χ3v) is 8.61. The van der Waals surface area contributed by atoms with Crippen molar-refractivity contribution in [1.82, 2.24) is 19.1 Å². The predicted octanol–water partition coefficient (Wildman–Crippen LogP) is 5.02. The van der Waals surface area contributed by atoms with E-state index in [1.807, 2.05) is 6.92 Å². The Labute approximate surface area is 223 Å². The highest BCUT2D eigenvalue weighted by molar-refractivity contribution is 7.99. The second kappa shape index (κ2) is 11.0. The molecule has 0 spiro atoms. The zero-order chi connectivity index (χ0) is 26.7. The fraction of sp³-hybridized carbons (Fsp3) is 0.160. The summed E-state index contributed by atoms with van der Waals surface area (Å²) in [5.41, 5.74) is 2.41. The molecule has 3 aromatic carbocycles. The van der Waals surface area contributed by atoms with Crippen LogP contribution in [0.3, 0.4) is 0 Å². The molecule has 0 aliphatic heterocycles. The van der Waals surface area contributed by atoms with Crippen LogP contribution in [0.2, 0.25) is 5.02 Å². The van der Waals surface area contributed by atoms with Crippen LogP contribution in [0.15, 0.2) is 76.8 Å². The van der Waals surface area contributed by atoms with Crippen molar-refractivity contribution in [2.24, 2.45) is 0 Å². The van der Waals surface area contributed by atoms with E-state index in [2.05, 4.69) is 15.5 Å².